The van der Waals surface area contributed by atoms with E-state index in [-0.39, 0.29) is 11.9 Å². The van der Waals surface area contributed by atoms with E-state index in [0.29, 0.717) is 11.3 Å². The number of aryl methyl sites for hydroxylation is 1. The van der Waals surface area contributed by atoms with Gasteiger partial charge in [0.2, 0.25) is 5.96 Å². The van der Waals surface area contributed by atoms with Crippen LogP contribution in [0.3, 0.4) is 0 Å². The van der Waals surface area contributed by atoms with Crippen molar-refractivity contribution >= 4 is 28.5 Å². The fourth-order valence-corrected chi connectivity index (χ4v) is 2.27. The average molecular weight is 292 g/mol. The minimum Gasteiger partial charge on any atom is -0.369 e. The Morgan fingerprint density at radius 1 is 1.14 bits per heavy atom. The number of fused-ring (bicyclic) bond motifs is 1. The number of hydrogen-bond acceptors (Lipinski definition) is 2. The summed E-state index contributed by atoms with van der Waals surface area (Å²) in [6.07, 6.45) is 0. The Balaban J connectivity index is 1.79. The Bertz CT molecular complexity index is 849. The highest BCUT2D eigenvalue weighted by molar-refractivity contribution is 6.05. The molecule has 5 heteroatoms. The molecule has 0 unspecified atom stereocenters. The number of H-pyrrole nitrogens is 1. The summed E-state index contributed by atoms with van der Waals surface area (Å²) < 4.78 is 0. The summed E-state index contributed by atoms with van der Waals surface area (Å²) in [5.74, 6) is -0.213. The van der Waals surface area contributed by atoms with E-state index >= 15 is 0 Å². The number of nitrogens with two attached hydrogens (primary N) is 1. The van der Waals surface area contributed by atoms with Gasteiger partial charge in [0, 0.05) is 16.8 Å². The number of hydrogen-bond donors (Lipinski definition) is 3. The molecule has 1 heterocycles. The van der Waals surface area contributed by atoms with Gasteiger partial charge in [-0.05, 0) is 42.6 Å². The summed E-state index contributed by atoms with van der Waals surface area (Å²) in [6, 6.07) is 16.6. The number of carbonyl (C=O) groups is 1. The van der Waals surface area contributed by atoms with Crippen LogP contribution in [-0.4, -0.2) is 16.9 Å². The normalized spacial score (nSPS) is 11.6. The van der Waals surface area contributed by atoms with Crippen LogP contribution in [0, 0.1) is 6.92 Å². The SMILES string of the molecule is Cc1cc2ccc(N=C(N)NC(=O)c3ccccc3)cc2[nH]1. The summed E-state index contributed by atoms with van der Waals surface area (Å²) in [4.78, 5) is 19.5. The number of amides is 1. The molecule has 110 valence electrons. The number of nitrogens with one attached hydrogen (secondary N) is 2. The third-order valence-electron chi connectivity index (χ3n) is 3.27. The van der Waals surface area contributed by atoms with Gasteiger partial charge in [-0.1, -0.05) is 24.3 Å². The number of rotatable bonds is 2. The minimum absolute atomic E-state index is 0.0662. The smallest absolute Gasteiger partial charge is 0.257 e. The van der Waals surface area contributed by atoms with Crippen LogP contribution in [0.4, 0.5) is 5.69 Å². The van der Waals surface area contributed by atoms with Crippen LogP contribution >= 0.6 is 0 Å². The molecule has 0 spiro atoms. The monoisotopic (exact) mass is 292 g/mol. The van der Waals surface area contributed by atoms with Gasteiger partial charge < -0.3 is 10.7 Å². The molecule has 1 amide bonds. The molecule has 0 fully saturated rings. The van der Waals surface area contributed by atoms with Gasteiger partial charge in [0.1, 0.15) is 0 Å². The number of aromatic amines is 1. The van der Waals surface area contributed by atoms with Crippen LogP contribution in [0.5, 0.6) is 0 Å². The van der Waals surface area contributed by atoms with E-state index in [0.717, 1.165) is 16.6 Å². The third kappa shape index (κ3) is 2.98. The second-order valence-electron chi connectivity index (χ2n) is 5.04. The summed E-state index contributed by atoms with van der Waals surface area (Å²) in [5.41, 5.74) is 9.09. The van der Waals surface area contributed by atoms with Crippen LogP contribution in [0.1, 0.15) is 16.1 Å². The highest BCUT2D eigenvalue weighted by Gasteiger charge is 2.06. The van der Waals surface area contributed by atoms with E-state index in [2.05, 4.69) is 21.4 Å². The van der Waals surface area contributed by atoms with Gasteiger partial charge in [0.05, 0.1) is 5.69 Å². The van der Waals surface area contributed by atoms with Crippen molar-refractivity contribution in [2.75, 3.05) is 0 Å². The fourth-order valence-electron chi connectivity index (χ4n) is 2.27. The van der Waals surface area contributed by atoms with E-state index < -0.39 is 0 Å². The summed E-state index contributed by atoms with van der Waals surface area (Å²) in [6.45, 7) is 2.00. The highest BCUT2D eigenvalue weighted by atomic mass is 16.1. The maximum Gasteiger partial charge on any atom is 0.257 e. The lowest BCUT2D eigenvalue weighted by Crippen LogP contribution is -2.36. The molecule has 0 saturated heterocycles. The van der Waals surface area contributed by atoms with Gasteiger partial charge in [0.25, 0.3) is 5.91 Å². The van der Waals surface area contributed by atoms with Crippen LogP contribution in [0.25, 0.3) is 10.9 Å². The fraction of sp³-hybridized carbons (Fsp3) is 0.0588. The van der Waals surface area contributed by atoms with Crippen molar-refractivity contribution in [1.82, 2.24) is 10.3 Å². The lowest BCUT2D eigenvalue weighted by molar-refractivity contribution is 0.0976. The number of aromatic nitrogens is 1. The standard InChI is InChI=1S/C17H16N4O/c1-11-9-13-7-8-14(10-15(13)19-11)20-17(18)21-16(22)12-5-3-2-4-6-12/h2-10,19H,1H3,(H3,18,20,21,22). The molecular formula is C17H16N4O. The Kier molecular flexibility index (Phi) is 3.62. The van der Waals surface area contributed by atoms with Gasteiger partial charge in [-0.15, -0.1) is 0 Å². The first-order valence-electron chi connectivity index (χ1n) is 6.92. The molecule has 0 radical (unpaired) electrons. The second-order valence-corrected chi connectivity index (χ2v) is 5.04. The molecule has 4 N–H and O–H groups in total. The van der Waals surface area contributed by atoms with Crippen molar-refractivity contribution in [1.29, 1.82) is 0 Å². The Hall–Kier alpha value is -3.08. The molecule has 3 aromatic rings. The Labute approximate surface area is 127 Å². The van der Waals surface area contributed by atoms with E-state index in [9.17, 15) is 4.79 Å². The van der Waals surface area contributed by atoms with Gasteiger partial charge in [-0.25, -0.2) is 4.99 Å². The summed E-state index contributed by atoms with van der Waals surface area (Å²) in [7, 11) is 0. The number of aliphatic imine (C=N–C) groups is 1. The van der Waals surface area contributed by atoms with Gasteiger partial charge in [-0.2, -0.15) is 0 Å². The summed E-state index contributed by atoms with van der Waals surface area (Å²) in [5, 5.41) is 3.69. The average Bonchev–Trinajstić information content (AvgIpc) is 2.87. The van der Waals surface area contributed by atoms with Crippen molar-refractivity contribution < 1.29 is 4.79 Å². The van der Waals surface area contributed by atoms with Gasteiger partial charge >= 0.3 is 0 Å². The molecule has 0 aliphatic rings. The largest absolute Gasteiger partial charge is 0.369 e. The number of carbonyl (C=O) groups excluding carboxylic acids is 1. The van der Waals surface area contributed by atoms with Crippen molar-refractivity contribution in [3.63, 3.8) is 0 Å². The molecule has 0 saturated carbocycles. The molecule has 0 aliphatic heterocycles. The quantitative estimate of drug-likeness (QED) is 0.501. The molecule has 1 aromatic heterocycles. The lowest BCUT2D eigenvalue weighted by Gasteiger charge is -2.04. The molecule has 0 aliphatic carbocycles. The molecule has 5 nitrogen and oxygen atoms in total. The van der Waals surface area contributed by atoms with Crippen LogP contribution < -0.4 is 11.1 Å². The maximum absolute atomic E-state index is 12.0. The molecule has 2 aromatic carbocycles. The van der Waals surface area contributed by atoms with Gasteiger partial charge in [0.15, 0.2) is 0 Å². The minimum atomic E-state index is -0.279. The van der Waals surface area contributed by atoms with Crippen LogP contribution in [-0.2, 0) is 0 Å². The Morgan fingerprint density at radius 2 is 1.91 bits per heavy atom. The van der Waals surface area contributed by atoms with E-state index in [1.165, 1.54) is 0 Å². The molecule has 3 rings (SSSR count). The van der Waals surface area contributed by atoms with Crippen LogP contribution in [0.2, 0.25) is 0 Å². The van der Waals surface area contributed by atoms with Crippen molar-refractivity contribution in [3.8, 4) is 0 Å². The predicted octanol–water partition coefficient (Wildman–Crippen LogP) is 2.85. The number of benzene rings is 2. The number of guanidine groups is 1. The molecular weight excluding hydrogens is 276 g/mol. The molecule has 0 atom stereocenters. The maximum atomic E-state index is 12.0. The molecule has 22 heavy (non-hydrogen) atoms. The Morgan fingerprint density at radius 3 is 2.68 bits per heavy atom. The molecule has 0 bridgehead atoms. The second kappa shape index (κ2) is 5.73. The highest BCUT2D eigenvalue weighted by Crippen LogP contribution is 2.21. The number of nitrogens with zero attached hydrogens (tertiary/aromatic N) is 1. The third-order valence-corrected chi connectivity index (χ3v) is 3.27. The van der Waals surface area contributed by atoms with E-state index in [1.54, 1.807) is 24.3 Å². The van der Waals surface area contributed by atoms with E-state index in [1.807, 2.05) is 31.2 Å². The topological polar surface area (TPSA) is 83.3 Å². The zero-order valence-corrected chi connectivity index (χ0v) is 12.1. The van der Waals surface area contributed by atoms with E-state index in [4.69, 9.17) is 5.73 Å². The van der Waals surface area contributed by atoms with Crippen molar-refractivity contribution in [3.05, 3.63) is 65.9 Å². The summed E-state index contributed by atoms with van der Waals surface area (Å²) >= 11 is 0. The lowest BCUT2D eigenvalue weighted by atomic mass is 10.2. The first kappa shape index (κ1) is 13.9. The van der Waals surface area contributed by atoms with Gasteiger partial charge in [-0.3, -0.25) is 10.1 Å². The predicted molar refractivity (Wildman–Crippen MR) is 88.2 cm³/mol. The van der Waals surface area contributed by atoms with Crippen LogP contribution in [0.15, 0.2) is 59.6 Å². The first-order valence-corrected chi connectivity index (χ1v) is 6.92. The van der Waals surface area contributed by atoms with Crippen molar-refractivity contribution in [2.45, 2.75) is 6.92 Å². The first-order chi connectivity index (χ1) is 10.6. The van der Waals surface area contributed by atoms with Crippen molar-refractivity contribution in [2.24, 2.45) is 10.7 Å². The zero-order valence-electron chi connectivity index (χ0n) is 12.1. The zero-order chi connectivity index (χ0) is 15.5.